The summed E-state index contributed by atoms with van der Waals surface area (Å²) >= 11 is 0. The highest BCUT2D eigenvalue weighted by molar-refractivity contribution is 6.46. The summed E-state index contributed by atoms with van der Waals surface area (Å²) in [5.41, 5.74) is 2.08. The summed E-state index contributed by atoms with van der Waals surface area (Å²) < 4.78 is 38.2. The summed E-state index contributed by atoms with van der Waals surface area (Å²) in [5.74, 6) is 0.0299. The monoisotopic (exact) mass is 413 g/mol. The molecule has 0 saturated heterocycles. The number of carbonyl (C=O) groups excluding carboxylic acids is 1. The predicted molar refractivity (Wildman–Crippen MR) is 112 cm³/mol. The molecule has 3 aromatic carbocycles. The highest BCUT2D eigenvalue weighted by Gasteiger charge is 2.30. The average molecular weight is 413 g/mol. The zero-order chi connectivity index (χ0) is 22.3. The third-order valence-corrected chi connectivity index (χ3v) is 4.18. The maximum absolute atomic E-state index is 12.7. The molecular formula is C24H22F3NO2. The van der Waals surface area contributed by atoms with E-state index in [-0.39, 0.29) is 17.2 Å². The van der Waals surface area contributed by atoms with E-state index >= 15 is 0 Å². The highest BCUT2D eigenvalue weighted by Crippen LogP contribution is 2.31. The van der Waals surface area contributed by atoms with Crippen LogP contribution >= 0.6 is 0 Å². The number of aryl methyl sites for hydroxylation is 2. The van der Waals surface area contributed by atoms with Crippen LogP contribution in [0.15, 0.2) is 77.8 Å². The first-order chi connectivity index (χ1) is 14.1. The number of benzene rings is 3. The van der Waals surface area contributed by atoms with E-state index in [1.165, 1.54) is 24.6 Å². The van der Waals surface area contributed by atoms with Crippen molar-refractivity contribution in [1.82, 2.24) is 0 Å². The van der Waals surface area contributed by atoms with Gasteiger partial charge < -0.3 is 5.11 Å². The number of carbonyl (C=O) groups is 1. The molecule has 3 nitrogen and oxygen atoms in total. The summed E-state index contributed by atoms with van der Waals surface area (Å²) in [6.07, 6.45) is -4.44. The number of ketones is 1. The Labute approximate surface area is 173 Å². The van der Waals surface area contributed by atoms with E-state index in [1.807, 2.05) is 38.1 Å². The Morgan fingerprint density at radius 1 is 0.900 bits per heavy atom. The highest BCUT2D eigenvalue weighted by atomic mass is 19.4. The number of aliphatic imine (C=N–C) groups is 1. The van der Waals surface area contributed by atoms with Crippen LogP contribution in [0.4, 0.5) is 18.9 Å². The van der Waals surface area contributed by atoms with Gasteiger partial charge >= 0.3 is 6.18 Å². The average Bonchev–Trinajstić information content (AvgIpc) is 2.69. The minimum absolute atomic E-state index is 0.100. The summed E-state index contributed by atoms with van der Waals surface area (Å²) in [4.78, 5) is 16.0. The Morgan fingerprint density at radius 2 is 1.53 bits per heavy atom. The molecule has 0 bridgehead atoms. The van der Waals surface area contributed by atoms with Crippen LogP contribution in [0.25, 0.3) is 0 Å². The first-order valence-corrected chi connectivity index (χ1v) is 9.16. The number of alkyl halides is 3. The van der Waals surface area contributed by atoms with Gasteiger partial charge in [-0.1, -0.05) is 48.0 Å². The molecule has 6 heteroatoms. The first kappa shape index (κ1) is 22.9. The van der Waals surface area contributed by atoms with E-state index in [0.717, 1.165) is 17.7 Å². The van der Waals surface area contributed by atoms with E-state index in [9.17, 15) is 18.0 Å². The summed E-state index contributed by atoms with van der Waals surface area (Å²) in [6, 6.07) is 18.8. The van der Waals surface area contributed by atoms with Gasteiger partial charge in [-0.15, -0.1) is 0 Å². The molecule has 0 spiro atoms. The van der Waals surface area contributed by atoms with E-state index < -0.39 is 11.7 Å². The lowest BCUT2D eigenvalue weighted by Crippen LogP contribution is -2.13. The van der Waals surface area contributed by atoms with Crippen molar-refractivity contribution < 1.29 is 23.1 Å². The molecule has 3 rings (SSSR count). The van der Waals surface area contributed by atoms with Gasteiger partial charge in [0.1, 0.15) is 11.5 Å². The van der Waals surface area contributed by atoms with Crippen LogP contribution in [0.2, 0.25) is 0 Å². The lowest BCUT2D eigenvalue weighted by molar-refractivity contribution is -0.137. The zero-order valence-corrected chi connectivity index (χ0v) is 16.9. The van der Waals surface area contributed by atoms with Crippen molar-refractivity contribution >= 4 is 17.2 Å². The van der Waals surface area contributed by atoms with Gasteiger partial charge in [0, 0.05) is 12.5 Å². The Balaban J connectivity index is 0.000000335. The van der Waals surface area contributed by atoms with Crippen LogP contribution in [0.3, 0.4) is 0 Å². The van der Waals surface area contributed by atoms with Gasteiger partial charge in [0.2, 0.25) is 0 Å². The van der Waals surface area contributed by atoms with Gasteiger partial charge in [0.05, 0.1) is 11.3 Å². The number of hydrogen-bond acceptors (Lipinski definition) is 3. The molecule has 0 fully saturated rings. The molecule has 30 heavy (non-hydrogen) atoms. The lowest BCUT2D eigenvalue weighted by atomic mass is 10.0. The molecule has 0 aliphatic rings. The van der Waals surface area contributed by atoms with Gasteiger partial charge in [-0.05, 0) is 49.7 Å². The summed E-state index contributed by atoms with van der Waals surface area (Å²) in [5, 5.41) is 8.76. The Morgan fingerprint density at radius 3 is 2.07 bits per heavy atom. The molecule has 0 amide bonds. The second kappa shape index (κ2) is 9.87. The number of nitrogens with zero attached hydrogens (tertiary/aromatic N) is 1. The van der Waals surface area contributed by atoms with Crippen LogP contribution in [-0.4, -0.2) is 16.6 Å². The van der Waals surface area contributed by atoms with Crippen LogP contribution < -0.4 is 0 Å². The smallest absolute Gasteiger partial charge is 0.416 e. The van der Waals surface area contributed by atoms with Crippen molar-refractivity contribution in [2.75, 3.05) is 0 Å². The fourth-order valence-corrected chi connectivity index (χ4v) is 2.59. The third-order valence-electron chi connectivity index (χ3n) is 4.18. The fraction of sp³-hybridized carbons (Fsp3) is 0.167. The van der Waals surface area contributed by atoms with Crippen LogP contribution in [0.1, 0.15) is 29.2 Å². The van der Waals surface area contributed by atoms with E-state index in [0.29, 0.717) is 11.3 Å². The van der Waals surface area contributed by atoms with Crippen molar-refractivity contribution in [2.24, 2.45) is 4.99 Å². The largest absolute Gasteiger partial charge is 0.508 e. The Hall–Kier alpha value is -3.41. The maximum atomic E-state index is 12.7. The van der Waals surface area contributed by atoms with E-state index in [1.54, 1.807) is 24.3 Å². The maximum Gasteiger partial charge on any atom is 0.416 e. The van der Waals surface area contributed by atoms with Crippen molar-refractivity contribution in [3.63, 3.8) is 0 Å². The van der Waals surface area contributed by atoms with Crippen molar-refractivity contribution in [2.45, 2.75) is 26.9 Å². The predicted octanol–water partition coefficient (Wildman–Crippen LogP) is 6.42. The second-order valence-corrected chi connectivity index (χ2v) is 6.72. The number of rotatable bonds is 3. The van der Waals surface area contributed by atoms with E-state index in [4.69, 9.17) is 5.11 Å². The number of phenols is 1. The number of aromatic hydroxyl groups is 1. The molecule has 0 radical (unpaired) electrons. The fourth-order valence-electron chi connectivity index (χ4n) is 2.59. The SMILES string of the molecule is CC(=O)C(=Nc1cccc(C(F)(F)F)c1)c1ccccc1C.Cc1ccc(O)cc1. The van der Waals surface area contributed by atoms with Gasteiger partial charge in [0.15, 0.2) is 5.78 Å². The van der Waals surface area contributed by atoms with Gasteiger partial charge in [-0.25, -0.2) is 4.99 Å². The quantitative estimate of drug-likeness (QED) is 0.504. The van der Waals surface area contributed by atoms with Crippen molar-refractivity contribution in [3.05, 3.63) is 95.1 Å². The van der Waals surface area contributed by atoms with Crippen LogP contribution in [-0.2, 0) is 11.0 Å². The molecule has 3 aromatic rings. The molecule has 1 N–H and O–H groups in total. The third kappa shape index (κ3) is 6.58. The molecule has 0 heterocycles. The normalized spacial score (nSPS) is 11.5. The van der Waals surface area contributed by atoms with E-state index in [2.05, 4.69) is 4.99 Å². The molecule has 0 aliphatic heterocycles. The lowest BCUT2D eigenvalue weighted by Gasteiger charge is -2.09. The van der Waals surface area contributed by atoms with Crippen LogP contribution in [0, 0.1) is 13.8 Å². The molecule has 0 aromatic heterocycles. The van der Waals surface area contributed by atoms with Gasteiger partial charge in [0.25, 0.3) is 0 Å². The minimum Gasteiger partial charge on any atom is -0.508 e. The minimum atomic E-state index is -4.44. The molecule has 156 valence electrons. The summed E-state index contributed by atoms with van der Waals surface area (Å²) in [7, 11) is 0. The van der Waals surface area contributed by atoms with Crippen molar-refractivity contribution in [1.29, 1.82) is 0 Å². The molecule has 0 aliphatic carbocycles. The Kier molecular flexibility index (Phi) is 7.53. The molecule has 0 saturated carbocycles. The molecule has 0 atom stereocenters. The second-order valence-electron chi connectivity index (χ2n) is 6.72. The molecule has 0 unspecified atom stereocenters. The topological polar surface area (TPSA) is 49.7 Å². The van der Waals surface area contributed by atoms with Crippen molar-refractivity contribution in [3.8, 4) is 5.75 Å². The number of Topliss-reactive ketones (excluding diaryl/α,β-unsaturated/α-hetero) is 1. The summed E-state index contributed by atoms with van der Waals surface area (Å²) in [6.45, 7) is 5.15. The van der Waals surface area contributed by atoms with Gasteiger partial charge in [-0.2, -0.15) is 13.2 Å². The number of hydrogen-bond donors (Lipinski definition) is 1. The zero-order valence-electron chi connectivity index (χ0n) is 16.9. The number of halogens is 3. The Bertz CT molecular complexity index is 1020. The molecular weight excluding hydrogens is 391 g/mol. The number of phenolic OH excluding ortho intramolecular Hbond substituents is 1. The standard InChI is InChI=1S/C17H14F3NO.C7H8O/c1-11-6-3-4-9-15(11)16(12(2)22)21-14-8-5-7-13(10-14)17(18,19)20;1-6-2-4-7(8)5-3-6/h3-10H,1-2H3;2-5,8H,1H3. The van der Waals surface area contributed by atoms with Crippen LogP contribution in [0.5, 0.6) is 5.75 Å². The first-order valence-electron chi connectivity index (χ1n) is 9.16. The van der Waals surface area contributed by atoms with Gasteiger partial charge in [-0.3, -0.25) is 4.79 Å².